The van der Waals surface area contributed by atoms with Crippen molar-refractivity contribution in [2.75, 3.05) is 32.6 Å². The van der Waals surface area contributed by atoms with Crippen molar-refractivity contribution in [3.05, 3.63) is 18.2 Å². The molecule has 1 aromatic rings. The predicted molar refractivity (Wildman–Crippen MR) is 71.2 cm³/mol. The van der Waals surface area contributed by atoms with Crippen LogP contribution in [0.2, 0.25) is 0 Å². The molecule has 0 saturated heterocycles. The molecule has 0 radical (unpaired) electrons. The fourth-order valence-corrected chi connectivity index (χ4v) is 1.51. The molecule has 0 heterocycles. The summed E-state index contributed by atoms with van der Waals surface area (Å²) < 4.78 is 10.5. The van der Waals surface area contributed by atoms with E-state index in [1.54, 1.807) is 14.2 Å². The molecule has 4 heteroatoms. The number of hydrogen-bond donors (Lipinski definition) is 2. The molecular formula is C13H22N2O2. The molecule has 0 atom stereocenters. The standard InChI is InChI=1S/C13H22N2O2/c1-10(2)14-7-8-15-12-9-11(16-3)5-6-13(12)17-4/h5-6,9-10,14-15H,7-8H2,1-4H3. The first-order chi connectivity index (χ1) is 8.17. The summed E-state index contributed by atoms with van der Waals surface area (Å²) >= 11 is 0. The minimum absolute atomic E-state index is 0.504. The zero-order chi connectivity index (χ0) is 12.7. The maximum Gasteiger partial charge on any atom is 0.142 e. The first-order valence-corrected chi connectivity index (χ1v) is 5.86. The number of methoxy groups -OCH3 is 2. The molecular weight excluding hydrogens is 216 g/mol. The Kier molecular flexibility index (Phi) is 5.63. The largest absolute Gasteiger partial charge is 0.497 e. The molecule has 0 aliphatic rings. The van der Waals surface area contributed by atoms with Crippen molar-refractivity contribution >= 4 is 5.69 Å². The molecule has 0 aliphatic heterocycles. The smallest absolute Gasteiger partial charge is 0.142 e. The first kappa shape index (κ1) is 13.6. The van der Waals surface area contributed by atoms with Gasteiger partial charge in [0, 0.05) is 25.2 Å². The Morgan fingerprint density at radius 3 is 2.47 bits per heavy atom. The van der Waals surface area contributed by atoms with E-state index in [1.165, 1.54) is 0 Å². The maximum absolute atomic E-state index is 5.28. The van der Waals surface area contributed by atoms with E-state index in [1.807, 2.05) is 18.2 Å². The second-order valence-corrected chi connectivity index (χ2v) is 4.10. The van der Waals surface area contributed by atoms with Crippen LogP contribution in [0.1, 0.15) is 13.8 Å². The molecule has 1 aromatic carbocycles. The second kappa shape index (κ2) is 7.01. The van der Waals surface area contributed by atoms with Gasteiger partial charge in [0.1, 0.15) is 11.5 Å². The van der Waals surface area contributed by atoms with Gasteiger partial charge in [0.05, 0.1) is 19.9 Å². The van der Waals surface area contributed by atoms with E-state index in [0.717, 1.165) is 30.3 Å². The fraction of sp³-hybridized carbons (Fsp3) is 0.538. The summed E-state index contributed by atoms with van der Waals surface area (Å²) in [5.74, 6) is 1.65. The molecule has 0 saturated carbocycles. The number of anilines is 1. The van der Waals surface area contributed by atoms with Crippen LogP contribution < -0.4 is 20.1 Å². The molecule has 0 aromatic heterocycles. The van der Waals surface area contributed by atoms with Gasteiger partial charge in [0.2, 0.25) is 0 Å². The summed E-state index contributed by atoms with van der Waals surface area (Å²) in [6.07, 6.45) is 0. The summed E-state index contributed by atoms with van der Waals surface area (Å²) in [6.45, 7) is 6.03. The molecule has 0 fully saturated rings. The minimum atomic E-state index is 0.504. The molecule has 0 amide bonds. The van der Waals surface area contributed by atoms with Crippen LogP contribution in [-0.2, 0) is 0 Å². The van der Waals surface area contributed by atoms with Crippen LogP contribution >= 0.6 is 0 Å². The molecule has 17 heavy (non-hydrogen) atoms. The van der Waals surface area contributed by atoms with Crippen LogP contribution in [0.5, 0.6) is 11.5 Å². The molecule has 0 bridgehead atoms. The fourth-order valence-electron chi connectivity index (χ4n) is 1.51. The van der Waals surface area contributed by atoms with Crippen LogP contribution in [-0.4, -0.2) is 33.4 Å². The lowest BCUT2D eigenvalue weighted by Gasteiger charge is -2.13. The highest BCUT2D eigenvalue weighted by Gasteiger charge is 2.04. The summed E-state index contributed by atoms with van der Waals surface area (Å²) in [7, 11) is 3.32. The summed E-state index contributed by atoms with van der Waals surface area (Å²) in [5, 5.41) is 6.67. The maximum atomic E-state index is 5.28. The topological polar surface area (TPSA) is 42.5 Å². The number of hydrogen-bond acceptors (Lipinski definition) is 4. The summed E-state index contributed by atoms with van der Waals surface area (Å²) in [6, 6.07) is 6.23. The summed E-state index contributed by atoms with van der Waals surface area (Å²) in [4.78, 5) is 0. The van der Waals surface area contributed by atoms with Crippen LogP contribution in [0.3, 0.4) is 0 Å². The molecule has 4 nitrogen and oxygen atoms in total. The lowest BCUT2D eigenvalue weighted by atomic mass is 10.2. The van der Waals surface area contributed by atoms with Gasteiger partial charge in [0.25, 0.3) is 0 Å². The van der Waals surface area contributed by atoms with E-state index in [0.29, 0.717) is 6.04 Å². The van der Waals surface area contributed by atoms with E-state index < -0.39 is 0 Å². The van der Waals surface area contributed by atoms with E-state index in [9.17, 15) is 0 Å². The van der Waals surface area contributed by atoms with E-state index >= 15 is 0 Å². The monoisotopic (exact) mass is 238 g/mol. The van der Waals surface area contributed by atoms with Gasteiger partial charge in [-0.25, -0.2) is 0 Å². The van der Waals surface area contributed by atoms with Gasteiger partial charge in [-0.1, -0.05) is 13.8 Å². The Morgan fingerprint density at radius 2 is 1.88 bits per heavy atom. The first-order valence-electron chi connectivity index (χ1n) is 5.86. The molecule has 96 valence electrons. The second-order valence-electron chi connectivity index (χ2n) is 4.10. The third kappa shape index (κ3) is 4.53. The Labute approximate surface area is 103 Å². The Balaban J connectivity index is 2.55. The Morgan fingerprint density at radius 1 is 1.12 bits per heavy atom. The zero-order valence-corrected chi connectivity index (χ0v) is 11.0. The Hall–Kier alpha value is -1.42. The number of nitrogens with one attached hydrogen (secondary N) is 2. The van der Waals surface area contributed by atoms with Crippen molar-refractivity contribution in [2.24, 2.45) is 0 Å². The third-order valence-electron chi connectivity index (χ3n) is 2.40. The van der Waals surface area contributed by atoms with Gasteiger partial charge >= 0.3 is 0 Å². The lowest BCUT2D eigenvalue weighted by molar-refractivity contribution is 0.404. The lowest BCUT2D eigenvalue weighted by Crippen LogP contribution is -2.28. The molecule has 0 aliphatic carbocycles. The van der Waals surface area contributed by atoms with Crippen molar-refractivity contribution in [1.82, 2.24) is 5.32 Å². The predicted octanol–water partition coefficient (Wildman–Crippen LogP) is 2.11. The quantitative estimate of drug-likeness (QED) is 0.714. The van der Waals surface area contributed by atoms with Gasteiger partial charge in [0.15, 0.2) is 0 Å². The van der Waals surface area contributed by atoms with Crippen molar-refractivity contribution in [2.45, 2.75) is 19.9 Å². The number of ether oxygens (including phenoxy) is 2. The van der Waals surface area contributed by atoms with Crippen LogP contribution in [0.25, 0.3) is 0 Å². The van der Waals surface area contributed by atoms with Crippen molar-refractivity contribution in [3.63, 3.8) is 0 Å². The van der Waals surface area contributed by atoms with E-state index in [2.05, 4.69) is 24.5 Å². The van der Waals surface area contributed by atoms with Gasteiger partial charge in [-0.3, -0.25) is 0 Å². The molecule has 0 unspecified atom stereocenters. The Bertz CT molecular complexity index is 340. The average molecular weight is 238 g/mol. The normalized spacial score (nSPS) is 10.4. The number of rotatable bonds is 7. The molecule has 1 rings (SSSR count). The van der Waals surface area contributed by atoms with Crippen molar-refractivity contribution in [1.29, 1.82) is 0 Å². The highest BCUT2D eigenvalue weighted by atomic mass is 16.5. The van der Waals surface area contributed by atoms with E-state index in [4.69, 9.17) is 9.47 Å². The third-order valence-corrected chi connectivity index (χ3v) is 2.40. The van der Waals surface area contributed by atoms with Crippen LogP contribution in [0.4, 0.5) is 5.69 Å². The van der Waals surface area contributed by atoms with Gasteiger partial charge < -0.3 is 20.1 Å². The highest BCUT2D eigenvalue weighted by Crippen LogP contribution is 2.28. The number of benzene rings is 1. The molecule has 2 N–H and O–H groups in total. The zero-order valence-electron chi connectivity index (χ0n) is 11.0. The summed E-state index contributed by atoms with van der Waals surface area (Å²) in [5.41, 5.74) is 0.956. The minimum Gasteiger partial charge on any atom is -0.497 e. The van der Waals surface area contributed by atoms with Crippen LogP contribution in [0, 0.1) is 0 Å². The van der Waals surface area contributed by atoms with Crippen molar-refractivity contribution in [3.8, 4) is 11.5 Å². The van der Waals surface area contributed by atoms with Gasteiger partial charge in [-0.15, -0.1) is 0 Å². The molecule has 0 spiro atoms. The van der Waals surface area contributed by atoms with E-state index in [-0.39, 0.29) is 0 Å². The average Bonchev–Trinajstić information content (AvgIpc) is 2.34. The van der Waals surface area contributed by atoms with Crippen molar-refractivity contribution < 1.29 is 9.47 Å². The van der Waals surface area contributed by atoms with Crippen LogP contribution in [0.15, 0.2) is 18.2 Å². The SMILES string of the molecule is COc1ccc(OC)c(NCCNC(C)C)c1. The highest BCUT2D eigenvalue weighted by molar-refractivity contribution is 5.59. The van der Waals surface area contributed by atoms with Gasteiger partial charge in [-0.05, 0) is 12.1 Å². The van der Waals surface area contributed by atoms with Gasteiger partial charge in [-0.2, -0.15) is 0 Å².